The van der Waals surface area contributed by atoms with Crippen molar-refractivity contribution >= 4 is 61.7 Å². The molecular weight excluding hydrogens is 362 g/mol. The van der Waals surface area contributed by atoms with Gasteiger partial charge in [0.25, 0.3) is 5.91 Å². The Morgan fingerprint density at radius 3 is 2.59 bits per heavy atom. The molecule has 3 rings (SSSR count). The zero-order valence-electron chi connectivity index (χ0n) is 11.4. The van der Waals surface area contributed by atoms with Gasteiger partial charge in [0.1, 0.15) is 4.32 Å². The number of hydrogen-bond donors (Lipinski definition) is 0. The first kappa shape index (κ1) is 16.0. The highest BCUT2D eigenvalue weighted by molar-refractivity contribution is 8.26. The molecule has 1 amide bonds. The Hall–Kier alpha value is -0.890. The molecule has 22 heavy (non-hydrogen) atoms. The molecule has 0 aromatic heterocycles. The van der Waals surface area contributed by atoms with E-state index in [-0.39, 0.29) is 23.5 Å². The van der Waals surface area contributed by atoms with Crippen LogP contribution in [0.2, 0.25) is 5.02 Å². The third-order valence-electron chi connectivity index (χ3n) is 3.56. The number of thiocarbonyl (C=S) groups is 1. The van der Waals surface area contributed by atoms with E-state index >= 15 is 0 Å². The SMILES string of the molecule is O=C1/C(=C/c2ccc(Cl)cc2)SC(=S)N1C1CCS(=O)(=O)C1. The molecule has 0 aliphatic carbocycles. The van der Waals surface area contributed by atoms with Gasteiger partial charge in [0.05, 0.1) is 22.5 Å². The largest absolute Gasteiger partial charge is 0.289 e. The van der Waals surface area contributed by atoms with Crippen LogP contribution >= 0.6 is 35.6 Å². The molecule has 8 heteroatoms. The number of nitrogens with zero attached hydrogens (tertiary/aromatic N) is 1. The molecule has 2 saturated heterocycles. The van der Waals surface area contributed by atoms with E-state index < -0.39 is 9.84 Å². The molecule has 1 aromatic rings. The summed E-state index contributed by atoms with van der Waals surface area (Å²) in [7, 11) is -3.06. The number of rotatable bonds is 2. The molecule has 1 unspecified atom stereocenters. The van der Waals surface area contributed by atoms with Crippen LogP contribution in [-0.4, -0.2) is 41.1 Å². The summed E-state index contributed by atoms with van der Waals surface area (Å²) < 4.78 is 23.6. The van der Waals surface area contributed by atoms with E-state index in [0.29, 0.717) is 20.7 Å². The molecule has 2 aliphatic heterocycles. The van der Waals surface area contributed by atoms with Crippen molar-refractivity contribution in [2.75, 3.05) is 11.5 Å². The first-order chi connectivity index (χ1) is 10.4. The second kappa shape index (κ2) is 5.96. The maximum absolute atomic E-state index is 12.5. The number of benzene rings is 1. The van der Waals surface area contributed by atoms with Crippen LogP contribution in [0.4, 0.5) is 0 Å². The van der Waals surface area contributed by atoms with E-state index in [4.69, 9.17) is 23.8 Å². The van der Waals surface area contributed by atoms with E-state index in [1.165, 1.54) is 16.7 Å². The Kier molecular flexibility index (Phi) is 4.33. The van der Waals surface area contributed by atoms with E-state index in [1.54, 1.807) is 18.2 Å². The number of halogens is 1. The molecule has 2 heterocycles. The Morgan fingerprint density at radius 1 is 1.32 bits per heavy atom. The van der Waals surface area contributed by atoms with Crippen LogP contribution in [0.1, 0.15) is 12.0 Å². The van der Waals surface area contributed by atoms with Gasteiger partial charge in [0.15, 0.2) is 9.84 Å². The first-order valence-electron chi connectivity index (χ1n) is 6.59. The van der Waals surface area contributed by atoms with Gasteiger partial charge in [-0.15, -0.1) is 0 Å². The summed E-state index contributed by atoms with van der Waals surface area (Å²) in [5, 5.41) is 0.626. The average Bonchev–Trinajstić information content (AvgIpc) is 2.93. The first-order valence-corrected chi connectivity index (χ1v) is 10.0. The summed E-state index contributed by atoms with van der Waals surface area (Å²) in [5.74, 6) is -0.106. The quantitative estimate of drug-likeness (QED) is 0.589. The van der Waals surface area contributed by atoms with Crippen LogP contribution in [0.5, 0.6) is 0 Å². The van der Waals surface area contributed by atoms with Crippen molar-refractivity contribution < 1.29 is 13.2 Å². The summed E-state index contributed by atoms with van der Waals surface area (Å²) in [6, 6.07) is 6.78. The van der Waals surface area contributed by atoms with Gasteiger partial charge >= 0.3 is 0 Å². The normalized spacial score (nSPS) is 26.1. The van der Waals surface area contributed by atoms with Crippen LogP contribution in [0.3, 0.4) is 0 Å². The second-order valence-corrected chi connectivity index (χ2v) is 9.50. The van der Waals surface area contributed by atoms with Gasteiger partial charge in [-0.05, 0) is 30.2 Å². The third-order valence-corrected chi connectivity index (χ3v) is 6.90. The van der Waals surface area contributed by atoms with E-state index in [9.17, 15) is 13.2 Å². The number of hydrogen-bond acceptors (Lipinski definition) is 5. The van der Waals surface area contributed by atoms with Gasteiger partial charge in [-0.2, -0.15) is 0 Å². The maximum atomic E-state index is 12.5. The molecule has 0 N–H and O–H groups in total. The number of amides is 1. The number of carbonyl (C=O) groups is 1. The fraction of sp³-hybridized carbons (Fsp3) is 0.286. The smallest absolute Gasteiger partial charge is 0.266 e. The van der Waals surface area contributed by atoms with Gasteiger partial charge in [-0.3, -0.25) is 9.69 Å². The van der Waals surface area contributed by atoms with Gasteiger partial charge in [0.2, 0.25) is 0 Å². The minimum Gasteiger partial charge on any atom is -0.289 e. The molecule has 1 aromatic carbocycles. The summed E-state index contributed by atoms with van der Waals surface area (Å²) in [6.07, 6.45) is 2.20. The topological polar surface area (TPSA) is 54.5 Å². The third kappa shape index (κ3) is 3.22. The van der Waals surface area contributed by atoms with Crippen molar-refractivity contribution in [3.8, 4) is 0 Å². The number of sulfone groups is 1. The molecule has 116 valence electrons. The molecule has 0 saturated carbocycles. The summed E-state index contributed by atoms with van der Waals surface area (Å²) >= 11 is 12.3. The molecule has 1 atom stereocenters. The molecule has 0 radical (unpaired) electrons. The molecule has 2 fully saturated rings. The Labute approximate surface area is 143 Å². The van der Waals surface area contributed by atoms with Crippen LogP contribution in [0, 0.1) is 0 Å². The lowest BCUT2D eigenvalue weighted by Gasteiger charge is -2.20. The minimum atomic E-state index is -3.06. The maximum Gasteiger partial charge on any atom is 0.266 e. The Bertz CT molecular complexity index is 771. The minimum absolute atomic E-state index is 0.00628. The van der Waals surface area contributed by atoms with Crippen LogP contribution in [0.15, 0.2) is 29.2 Å². The van der Waals surface area contributed by atoms with Gasteiger partial charge < -0.3 is 0 Å². The molecular formula is C14H12ClNO3S3. The Morgan fingerprint density at radius 2 is 2.00 bits per heavy atom. The van der Waals surface area contributed by atoms with E-state index in [2.05, 4.69) is 0 Å². The highest BCUT2D eigenvalue weighted by Crippen LogP contribution is 2.36. The lowest BCUT2D eigenvalue weighted by Crippen LogP contribution is -2.39. The van der Waals surface area contributed by atoms with Crippen molar-refractivity contribution in [1.29, 1.82) is 0 Å². The van der Waals surface area contributed by atoms with Crippen LogP contribution in [-0.2, 0) is 14.6 Å². The van der Waals surface area contributed by atoms with Crippen molar-refractivity contribution in [1.82, 2.24) is 4.90 Å². The highest BCUT2D eigenvalue weighted by atomic mass is 35.5. The van der Waals surface area contributed by atoms with Crippen LogP contribution < -0.4 is 0 Å². The van der Waals surface area contributed by atoms with Crippen molar-refractivity contribution in [3.63, 3.8) is 0 Å². The van der Waals surface area contributed by atoms with Crippen molar-refractivity contribution in [2.24, 2.45) is 0 Å². The summed E-state index contributed by atoms with van der Waals surface area (Å²) in [5.41, 5.74) is 0.851. The van der Waals surface area contributed by atoms with Crippen molar-refractivity contribution in [2.45, 2.75) is 12.5 Å². The molecule has 0 bridgehead atoms. The second-order valence-electron chi connectivity index (χ2n) is 5.16. The lowest BCUT2D eigenvalue weighted by atomic mass is 10.2. The van der Waals surface area contributed by atoms with Crippen LogP contribution in [0.25, 0.3) is 6.08 Å². The summed E-state index contributed by atoms with van der Waals surface area (Å²) in [4.78, 5) is 14.5. The van der Waals surface area contributed by atoms with Gasteiger partial charge in [-0.25, -0.2) is 8.42 Å². The number of thioether (sulfide) groups is 1. The van der Waals surface area contributed by atoms with Gasteiger partial charge in [-0.1, -0.05) is 47.7 Å². The predicted molar refractivity (Wildman–Crippen MR) is 93.5 cm³/mol. The van der Waals surface area contributed by atoms with E-state index in [0.717, 1.165) is 5.56 Å². The van der Waals surface area contributed by atoms with Crippen molar-refractivity contribution in [3.05, 3.63) is 39.8 Å². The molecule has 0 spiro atoms. The zero-order chi connectivity index (χ0) is 15.9. The lowest BCUT2D eigenvalue weighted by molar-refractivity contribution is -0.123. The fourth-order valence-electron chi connectivity index (χ4n) is 2.48. The monoisotopic (exact) mass is 373 g/mol. The zero-order valence-corrected chi connectivity index (χ0v) is 14.6. The highest BCUT2D eigenvalue weighted by Gasteiger charge is 2.41. The standard InChI is InChI=1S/C14H12ClNO3S3/c15-10-3-1-9(2-4-10)7-12-13(17)16(14(20)21-12)11-5-6-22(18,19)8-11/h1-4,7,11H,5-6,8H2/b12-7-. The van der Waals surface area contributed by atoms with E-state index in [1.807, 2.05) is 12.1 Å². The summed E-state index contributed by atoms with van der Waals surface area (Å²) in [6.45, 7) is 0. The number of carbonyl (C=O) groups excluding carboxylic acids is 1. The average molecular weight is 374 g/mol. The molecule has 2 aliphatic rings. The Balaban J connectivity index is 1.84. The fourth-order valence-corrected chi connectivity index (χ4v) is 5.71. The predicted octanol–water partition coefficient (Wildman–Crippen LogP) is 2.73. The molecule has 4 nitrogen and oxygen atoms in total. The van der Waals surface area contributed by atoms with Gasteiger partial charge in [0, 0.05) is 5.02 Å².